The summed E-state index contributed by atoms with van der Waals surface area (Å²) in [6.45, 7) is 4.61. The highest BCUT2D eigenvalue weighted by Crippen LogP contribution is 2.16. The van der Waals surface area contributed by atoms with E-state index in [0.29, 0.717) is 11.7 Å². The van der Waals surface area contributed by atoms with Gasteiger partial charge in [0.15, 0.2) is 5.13 Å². The molecule has 112 valence electrons. The zero-order chi connectivity index (χ0) is 15.1. The van der Waals surface area contributed by atoms with Gasteiger partial charge in [0.05, 0.1) is 0 Å². The molecule has 0 fully saturated rings. The van der Waals surface area contributed by atoms with Crippen LogP contribution in [0, 0.1) is 6.92 Å². The molecule has 0 aromatic carbocycles. The number of carbonyl (C=O) groups is 2. The third-order valence-electron chi connectivity index (χ3n) is 2.64. The molecule has 0 aliphatic carbocycles. The van der Waals surface area contributed by atoms with Crippen molar-refractivity contribution in [1.29, 1.82) is 0 Å². The molecule has 0 spiro atoms. The van der Waals surface area contributed by atoms with Gasteiger partial charge in [-0.25, -0.2) is 9.78 Å². The smallest absolute Gasteiger partial charge is 0.319 e. The fourth-order valence-corrected chi connectivity index (χ4v) is 2.30. The molecule has 1 aromatic rings. The molecule has 20 heavy (non-hydrogen) atoms. The van der Waals surface area contributed by atoms with Crippen LogP contribution in [0.5, 0.6) is 0 Å². The Morgan fingerprint density at radius 1 is 1.40 bits per heavy atom. The monoisotopic (exact) mass is 298 g/mol. The number of hydrogen-bond acceptors (Lipinski definition) is 4. The largest absolute Gasteiger partial charge is 0.331 e. The normalized spacial score (nSPS) is 10.2. The second-order valence-electron chi connectivity index (χ2n) is 4.78. The molecule has 1 N–H and O–H groups in total. The van der Waals surface area contributed by atoms with Crippen molar-refractivity contribution in [2.75, 3.05) is 32.5 Å². The lowest BCUT2D eigenvalue weighted by Gasteiger charge is -2.25. The molecule has 0 saturated heterocycles. The molecule has 6 nitrogen and oxygen atoms in total. The summed E-state index contributed by atoms with van der Waals surface area (Å²) >= 11 is 1.42. The van der Waals surface area contributed by atoms with Gasteiger partial charge in [0.1, 0.15) is 6.54 Å². The van der Waals surface area contributed by atoms with Crippen molar-refractivity contribution in [3.05, 3.63) is 11.1 Å². The van der Waals surface area contributed by atoms with Gasteiger partial charge in [0.25, 0.3) is 0 Å². The van der Waals surface area contributed by atoms with Crippen molar-refractivity contribution in [3.63, 3.8) is 0 Å². The van der Waals surface area contributed by atoms with Gasteiger partial charge < -0.3 is 15.1 Å². The van der Waals surface area contributed by atoms with E-state index < -0.39 is 0 Å². The fourth-order valence-electron chi connectivity index (χ4n) is 1.62. The fraction of sp³-hybridized carbons (Fsp3) is 0.615. The number of nitrogens with one attached hydrogen (secondary N) is 1. The summed E-state index contributed by atoms with van der Waals surface area (Å²) in [5.41, 5.74) is 0. The lowest BCUT2D eigenvalue weighted by atomic mass is 10.3. The van der Waals surface area contributed by atoms with E-state index in [-0.39, 0.29) is 18.5 Å². The van der Waals surface area contributed by atoms with Gasteiger partial charge in [-0.2, -0.15) is 0 Å². The van der Waals surface area contributed by atoms with Crippen LogP contribution in [0.4, 0.5) is 9.93 Å². The van der Waals surface area contributed by atoms with Gasteiger partial charge in [-0.15, -0.1) is 11.3 Å². The molecule has 0 aliphatic heterocycles. The number of unbranched alkanes of at least 4 members (excludes halogenated alkanes) is 1. The third kappa shape index (κ3) is 5.16. The maximum absolute atomic E-state index is 12.0. The highest BCUT2D eigenvalue weighted by molar-refractivity contribution is 7.15. The van der Waals surface area contributed by atoms with Crippen LogP contribution in [0.1, 0.15) is 24.6 Å². The van der Waals surface area contributed by atoms with Gasteiger partial charge in [0, 0.05) is 31.7 Å². The molecule has 1 heterocycles. The van der Waals surface area contributed by atoms with Crippen LogP contribution in [-0.4, -0.2) is 53.9 Å². The van der Waals surface area contributed by atoms with Crippen molar-refractivity contribution in [1.82, 2.24) is 14.8 Å². The summed E-state index contributed by atoms with van der Waals surface area (Å²) in [5, 5.41) is 3.29. The molecule has 7 heteroatoms. The predicted octanol–water partition coefficient (Wildman–Crippen LogP) is 2.17. The quantitative estimate of drug-likeness (QED) is 0.875. The Bertz CT molecular complexity index is 459. The molecular weight excluding hydrogens is 276 g/mol. The van der Waals surface area contributed by atoms with Crippen molar-refractivity contribution in [2.24, 2.45) is 0 Å². The summed E-state index contributed by atoms with van der Waals surface area (Å²) < 4.78 is 0. The Hall–Kier alpha value is -1.63. The van der Waals surface area contributed by atoms with Crippen LogP contribution >= 0.6 is 11.3 Å². The number of carbonyl (C=O) groups excluding carboxylic acids is 2. The molecule has 1 aromatic heterocycles. The topological polar surface area (TPSA) is 65.5 Å². The molecular formula is C13H22N4O2S. The first kappa shape index (κ1) is 16.4. The van der Waals surface area contributed by atoms with Crippen molar-refractivity contribution in [3.8, 4) is 0 Å². The van der Waals surface area contributed by atoms with E-state index in [2.05, 4.69) is 17.2 Å². The van der Waals surface area contributed by atoms with Crippen LogP contribution in [0.2, 0.25) is 0 Å². The van der Waals surface area contributed by atoms with E-state index in [1.165, 1.54) is 16.2 Å². The van der Waals surface area contributed by atoms with E-state index >= 15 is 0 Å². The Morgan fingerprint density at radius 2 is 2.10 bits per heavy atom. The number of aryl methyl sites for hydroxylation is 1. The third-order valence-corrected chi connectivity index (χ3v) is 3.46. The summed E-state index contributed by atoms with van der Waals surface area (Å²) in [5.74, 6) is -0.217. The summed E-state index contributed by atoms with van der Waals surface area (Å²) in [6.07, 6.45) is 3.56. The van der Waals surface area contributed by atoms with Gasteiger partial charge in [-0.05, 0) is 13.3 Å². The number of rotatable bonds is 6. The van der Waals surface area contributed by atoms with Crippen molar-refractivity contribution >= 4 is 28.4 Å². The molecule has 0 atom stereocenters. The molecule has 1 rings (SSSR count). The minimum atomic E-state index is -0.217. The minimum absolute atomic E-state index is 0.0512. The standard InChI is InChI=1S/C13H22N4O2S/c1-5-6-7-17(13(19)16(3)4)9-11(18)15-12-14-8-10(2)20-12/h8H,5-7,9H2,1-4H3,(H,14,15,18). The number of hydrogen-bond donors (Lipinski definition) is 1. The molecule has 3 amide bonds. The predicted molar refractivity (Wildman–Crippen MR) is 81.0 cm³/mol. The Balaban J connectivity index is 2.59. The molecule has 0 saturated carbocycles. The molecule has 0 unspecified atom stereocenters. The van der Waals surface area contributed by atoms with Crippen LogP contribution < -0.4 is 5.32 Å². The summed E-state index contributed by atoms with van der Waals surface area (Å²) in [7, 11) is 3.37. The van der Waals surface area contributed by atoms with E-state index in [1.54, 1.807) is 25.2 Å². The number of anilines is 1. The first-order chi connectivity index (χ1) is 9.43. The van der Waals surface area contributed by atoms with Crippen LogP contribution in [0.3, 0.4) is 0 Å². The van der Waals surface area contributed by atoms with E-state index in [4.69, 9.17) is 0 Å². The summed E-state index contributed by atoms with van der Waals surface area (Å²) in [6, 6.07) is -0.149. The summed E-state index contributed by atoms with van der Waals surface area (Å²) in [4.78, 5) is 32.1. The van der Waals surface area contributed by atoms with Crippen LogP contribution in [0.25, 0.3) is 0 Å². The number of aromatic nitrogens is 1. The van der Waals surface area contributed by atoms with Gasteiger partial charge >= 0.3 is 6.03 Å². The first-order valence-electron chi connectivity index (χ1n) is 6.62. The SMILES string of the molecule is CCCCN(CC(=O)Nc1ncc(C)s1)C(=O)N(C)C. The zero-order valence-electron chi connectivity index (χ0n) is 12.5. The van der Waals surface area contributed by atoms with Gasteiger partial charge in [-0.1, -0.05) is 13.3 Å². The minimum Gasteiger partial charge on any atom is -0.331 e. The number of thiazole rings is 1. The second-order valence-corrected chi connectivity index (χ2v) is 6.01. The second kappa shape index (κ2) is 7.84. The first-order valence-corrected chi connectivity index (χ1v) is 7.44. The van der Waals surface area contributed by atoms with E-state index in [9.17, 15) is 9.59 Å². The number of amides is 3. The maximum atomic E-state index is 12.0. The average molecular weight is 298 g/mol. The Kier molecular flexibility index (Phi) is 6.44. The lowest BCUT2D eigenvalue weighted by Crippen LogP contribution is -2.43. The van der Waals surface area contributed by atoms with Crippen molar-refractivity contribution < 1.29 is 9.59 Å². The van der Waals surface area contributed by atoms with Crippen molar-refractivity contribution in [2.45, 2.75) is 26.7 Å². The van der Waals surface area contributed by atoms with Crippen LogP contribution in [0.15, 0.2) is 6.20 Å². The Labute approximate surface area is 123 Å². The van der Waals surface area contributed by atoms with E-state index in [1.807, 2.05) is 6.92 Å². The Morgan fingerprint density at radius 3 is 2.60 bits per heavy atom. The molecule has 0 aliphatic rings. The van der Waals surface area contributed by atoms with E-state index in [0.717, 1.165) is 17.7 Å². The number of nitrogens with zero attached hydrogens (tertiary/aromatic N) is 3. The maximum Gasteiger partial charge on any atom is 0.319 e. The molecule has 0 bridgehead atoms. The zero-order valence-corrected chi connectivity index (χ0v) is 13.3. The lowest BCUT2D eigenvalue weighted by molar-refractivity contribution is -0.116. The highest BCUT2D eigenvalue weighted by Gasteiger charge is 2.18. The molecule has 0 radical (unpaired) electrons. The highest BCUT2D eigenvalue weighted by atomic mass is 32.1. The van der Waals surface area contributed by atoms with Gasteiger partial charge in [-0.3, -0.25) is 4.79 Å². The van der Waals surface area contributed by atoms with Crippen LogP contribution in [-0.2, 0) is 4.79 Å². The average Bonchev–Trinajstić information content (AvgIpc) is 2.78. The van der Waals surface area contributed by atoms with Gasteiger partial charge in [0.2, 0.25) is 5.91 Å². The number of urea groups is 1.